The molecule has 1 spiro atoms. The number of nitrogens with zero attached hydrogens (tertiary/aromatic N) is 3. The Balaban J connectivity index is 1.21. The quantitative estimate of drug-likeness (QED) is 0.725. The summed E-state index contributed by atoms with van der Waals surface area (Å²) in [5.74, 6) is 0.628. The number of piperidine rings is 1. The lowest BCUT2D eigenvalue weighted by atomic mass is 9.74. The number of amides is 1. The van der Waals surface area contributed by atoms with Gasteiger partial charge in [-0.2, -0.15) is 0 Å². The van der Waals surface area contributed by atoms with E-state index in [1.807, 2.05) is 36.4 Å². The van der Waals surface area contributed by atoms with E-state index in [1.54, 1.807) is 6.07 Å². The van der Waals surface area contributed by atoms with Crippen molar-refractivity contribution in [3.05, 3.63) is 95.2 Å². The van der Waals surface area contributed by atoms with Crippen molar-refractivity contribution in [2.24, 2.45) is 0 Å². The molecular weight excluding hydrogens is 372 g/mol. The van der Waals surface area contributed by atoms with E-state index in [-0.39, 0.29) is 11.3 Å². The van der Waals surface area contributed by atoms with Crippen LogP contribution in [0.2, 0.25) is 0 Å². The minimum atomic E-state index is -0.205. The molecule has 0 unspecified atom stereocenters. The molecule has 3 aromatic rings. The zero-order chi connectivity index (χ0) is 20.4. The second-order valence-electron chi connectivity index (χ2n) is 8.01. The van der Waals surface area contributed by atoms with E-state index in [9.17, 15) is 4.79 Å². The maximum absolute atomic E-state index is 12.4. The molecule has 1 aliphatic heterocycles. The van der Waals surface area contributed by atoms with Crippen LogP contribution in [-0.4, -0.2) is 29.2 Å². The summed E-state index contributed by atoms with van der Waals surface area (Å²) in [4.78, 5) is 14.6. The van der Waals surface area contributed by atoms with E-state index >= 15 is 0 Å². The number of carbonyl (C=O) groups is 1. The van der Waals surface area contributed by atoms with Crippen LogP contribution in [0.5, 0.6) is 0 Å². The van der Waals surface area contributed by atoms with E-state index in [0.717, 1.165) is 37.3 Å². The highest BCUT2D eigenvalue weighted by Gasteiger charge is 2.38. The predicted octanol–water partition coefficient (Wildman–Crippen LogP) is 3.97. The number of allylic oxidation sites excluding steroid dienone is 1. The Morgan fingerprint density at radius 1 is 0.933 bits per heavy atom. The molecule has 5 nitrogen and oxygen atoms in total. The van der Waals surface area contributed by atoms with Crippen molar-refractivity contribution in [3.63, 3.8) is 0 Å². The summed E-state index contributed by atoms with van der Waals surface area (Å²) in [6.07, 6.45) is 6.75. The Hall–Kier alpha value is -3.47. The molecule has 2 heterocycles. The molecule has 1 fully saturated rings. The summed E-state index contributed by atoms with van der Waals surface area (Å²) >= 11 is 0. The van der Waals surface area contributed by atoms with Crippen LogP contribution in [0.4, 0.5) is 5.82 Å². The van der Waals surface area contributed by atoms with Gasteiger partial charge in [-0.25, -0.2) is 0 Å². The van der Waals surface area contributed by atoms with Crippen LogP contribution in [0, 0.1) is 0 Å². The fraction of sp³-hybridized carbons (Fsp3) is 0.240. The molecule has 1 aliphatic carbocycles. The zero-order valence-electron chi connectivity index (χ0n) is 16.8. The van der Waals surface area contributed by atoms with Gasteiger partial charge in [-0.15, -0.1) is 10.2 Å². The third-order valence-electron chi connectivity index (χ3n) is 6.24. The zero-order valence-corrected chi connectivity index (χ0v) is 16.8. The summed E-state index contributed by atoms with van der Waals surface area (Å²) in [6, 6.07) is 22.2. The van der Waals surface area contributed by atoms with Gasteiger partial charge < -0.3 is 10.2 Å². The first-order valence-corrected chi connectivity index (χ1v) is 10.4. The van der Waals surface area contributed by atoms with Crippen molar-refractivity contribution in [1.29, 1.82) is 0 Å². The van der Waals surface area contributed by atoms with Crippen molar-refractivity contribution in [3.8, 4) is 0 Å². The van der Waals surface area contributed by atoms with E-state index in [2.05, 4.69) is 56.8 Å². The molecule has 5 rings (SSSR count). The number of hydrogen-bond donors (Lipinski definition) is 1. The Kier molecular flexibility index (Phi) is 4.79. The van der Waals surface area contributed by atoms with Gasteiger partial charge in [0.25, 0.3) is 5.91 Å². The summed E-state index contributed by atoms with van der Waals surface area (Å²) in [6.45, 7) is 2.33. The average molecular weight is 396 g/mol. The Bertz CT molecular complexity index is 1070. The van der Waals surface area contributed by atoms with Gasteiger partial charge in [-0.3, -0.25) is 4.79 Å². The molecule has 1 aromatic heterocycles. The molecule has 2 aliphatic rings. The number of anilines is 1. The van der Waals surface area contributed by atoms with Gasteiger partial charge in [0.15, 0.2) is 11.5 Å². The highest BCUT2D eigenvalue weighted by molar-refractivity contribution is 5.92. The third-order valence-corrected chi connectivity index (χ3v) is 6.24. The fourth-order valence-corrected chi connectivity index (χ4v) is 4.49. The number of nitrogens with one attached hydrogen (secondary N) is 1. The Labute approximate surface area is 176 Å². The minimum Gasteiger partial charge on any atom is -0.355 e. The van der Waals surface area contributed by atoms with Crippen molar-refractivity contribution in [2.75, 3.05) is 18.0 Å². The standard InChI is InChI=1S/C25H24N4O/c30-24(26-18-19-6-2-1-3-7-19)22-10-11-23(28-27-22)29-16-14-25(15-17-29)13-12-20-8-4-5-9-21(20)25/h1-13H,14-18H2,(H,26,30). The van der Waals surface area contributed by atoms with Crippen LogP contribution in [0.3, 0.4) is 0 Å². The molecule has 1 N–H and O–H groups in total. The van der Waals surface area contributed by atoms with Gasteiger partial charge in [0, 0.05) is 25.0 Å². The van der Waals surface area contributed by atoms with E-state index in [0.29, 0.717) is 12.2 Å². The van der Waals surface area contributed by atoms with Gasteiger partial charge in [-0.05, 0) is 41.7 Å². The van der Waals surface area contributed by atoms with Crippen LogP contribution in [0.25, 0.3) is 6.08 Å². The lowest BCUT2D eigenvalue weighted by molar-refractivity contribution is 0.0945. The molecule has 30 heavy (non-hydrogen) atoms. The van der Waals surface area contributed by atoms with E-state index in [1.165, 1.54) is 11.1 Å². The topological polar surface area (TPSA) is 58.1 Å². The maximum atomic E-state index is 12.4. The van der Waals surface area contributed by atoms with Gasteiger partial charge >= 0.3 is 0 Å². The van der Waals surface area contributed by atoms with E-state index < -0.39 is 0 Å². The second kappa shape index (κ2) is 7.75. The predicted molar refractivity (Wildman–Crippen MR) is 118 cm³/mol. The first-order valence-electron chi connectivity index (χ1n) is 10.4. The Morgan fingerprint density at radius 3 is 2.47 bits per heavy atom. The van der Waals surface area contributed by atoms with Crippen LogP contribution >= 0.6 is 0 Å². The number of rotatable bonds is 4. The van der Waals surface area contributed by atoms with Crippen LogP contribution in [-0.2, 0) is 12.0 Å². The monoisotopic (exact) mass is 396 g/mol. The van der Waals surface area contributed by atoms with Gasteiger partial charge in [-0.1, -0.05) is 66.7 Å². The minimum absolute atomic E-state index is 0.151. The molecule has 2 aromatic carbocycles. The number of aromatic nitrogens is 2. The average Bonchev–Trinajstić information content (AvgIpc) is 3.17. The first kappa shape index (κ1) is 18.6. The van der Waals surface area contributed by atoms with Crippen molar-refractivity contribution in [2.45, 2.75) is 24.8 Å². The van der Waals surface area contributed by atoms with Gasteiger partial charge in [0.1, 0.15) is 0 Å². The number of fused-ring (bicyclic) bond motifs is 2. The molecule has 150 valence electrons. The van der Waals surface area contributed by atoms with Crippen molar-refractivity contribution in [1.82, 2.24) is 15.5 Å². The van der Waals surface area contributed by atoms with Crippen molar-refractivity contribution < 1.29 is 4.79 Å². The lowest BCUT2D eigenvalue weighted by Gasteiger charge is -2.39. The first-order chi connectivity index (χ1) is 14.7. The van der Waals surface area contributed by atoms with Crippen molar-refractivity contribution >= 4 is 17.8 Å². The van der Waals surface area contributed by atoms with Crippen LogP contribution in [0.1, 0.15) is 40.0 Å². The fourth-order valence-electron chi connectivity index (χ4n) is 4.49. The normalized spacial score (nSPS) is 16.5. The lowest BCUT2D eigenvalue weighted by Crippen LogP contribution is -2.41. The number of carbonyl (C=O) groups excluding carboxylic acids is 1. The largest absolute Gasteiger partial charge is 0.355 e. The molecule has 0 radical (unpaired) electrons. The Morgan fingerprint density at radius 2 is 1.70 bits per heavy atom. The summed E-state index contributed by atoms with van der Waals surface area (Å²) in [5, 5.41) is 11.4. The summed E-state index contributed by atoms with van der Waals surface area (Å²) in [7, 11) is 0. The molecule has 0 saturated carbocycles. The maximum Gasteiger partial charge on any atom is 0.272 e. The summed E-state index contributed by atoms with van der Waals surface area (Å²) in [5.41, 5.74) is 4.34. The smallest absolute Gasteiger partial charge is 0.272 e. The molecule has 5 heteroatoms. The highest BCUT2D eigenvalue weighted by Crippen LogP contribution is 2.43. The SMILES string of the molecule is O=C(NCc1ccccc1)c1ccc(N2CCC3(C=Cc4ccccc43)CC2)nn1. The number of hydrogen-bond acceptors (Lipinski definition) is 4. The second-order valence-corrected chi connectivity index (χ2v) is 8.01. The van der Waals surface area contributed by atoms with Gasteiger partial charge in [0.05, 0.1) is 0 Å². The summed E-state index contributed by atoms with van der Waals surface area (Å²) < 4.78 is 0. The molecule has 0 atom stereocenters. The van der Waals surface area contributed by atoms with E-state index in [4.69, 9.17) is 0 Å². The molecule has 0 bridgehead atoms. The molecule has 1 amide bonds. The number of benzene rings is 2. The highest BCUT2D eigenvalue weighted by atomic mass is 16.1. The third kappa shape index (κ3) is 3.47. The molecule has 1 saturated heterocycles. The van der Waals surface area contributed by atoms with Gasteiger partial charge in [0.2, 0.25) is 0 Å². The molecular formula is C25H24N4O. The van der Waals surface area contributed by atoms with Crippen LogP contribution in [0.15, 0.2) is 72.8 Å². The van der Waals surface area contributed by atoms with Crippen LogP contribution < -0.4 is 10.2 Å².